The van der Waals surface area contributed by atoms with E-state index >= 15 is 0 Å². The smallest absolute Gasteiger partial charge is 0.264 e. The van der Waals surface area contributed by atoms with Gasteiger partial charge in [-0.1, -0.05) is 24.8 Å². The summed E-state index contributed by atoms with van der Waals surface area (Å²) in [6.07, 6.45) is 2.93. The second-order valence-corrected chi connectivity index (χ2v) is 13.1. The number of para-hydroxylation sites is 2. The first-order chi connectivity index (χ1) is 26.0. The number of carbonyl (C=O) groups excluding carboxylic acids is 3. The Labute approximate surface area is 307 Å². The van der Waals surface area contributed by atoms with Crippen LogP contribution in [0.4, 0.5) is 11.5 Å². The number of ether oxygens (including phenoxy) is 4. The van der Waals surface area contributed by atoms with Crippen molar-refractivity contribution in [1.82, 2.24) is 29.5 Å². The molecule has 0 saturated carbocycles. The van der Waals surface area contributed by atoms with Crippen LogP contribution in [0.3, 0.4) is 0 Å². The van der Waals surface area contributed by atoms with Crippen LogP contribution in [0.15, 0.2) is 67.0 Å². The van der Waals surface area contributed by atoms with E-state index in [2.05, 4.69) is 50.3 Å². The van der Waals surface area contributed by atoms with Crippen LogP contribution in [0.1, 0.15) is 33.6 Å². The fraction of sp³-hybridized carbons (Fsp3) is 0.447. The topological polar surface area (TPSA) is 152 Å². The lowest BCUT2D eigenvalue weighted by atomic mass is 10.0. The van der Waals surface area contributed by atoms with Crippen LogP contribution >= 0.6 is 0 Å². The summed E-state index contributed by atoms with van der Waals surface area (Å²) in [6.45, 7) is 12.7. The normalized spacial score (nSPS) is 18.0. The second kappa shape index (κ2) is 17.3. The van der Waals surface area contributed by atoms with Crippen LogP contribution in [0.2, 0.25) is 0 Å². The number of nitrogens with zero attached hydrogens (tertiary/aromatic N) is 6. The minimum Gasteiger partial charge on any atom is -0.382 e. The summed E-state index contributed by atoms with van der Waals surface area (Å²) in [4.78, 5) is 54.0. The number of imide groups is 1. The molecular weight excluding hydrogens is 680 g/mol. The highest BCUT2D eigenvalue weighted by Crippen LogP contribution is 2.32. The van der Waals surface area contributed by atoms with Gasteiger partial charge in [-0.3, -0.25) is 28.6 Å². The first kappa shape index (κ1) is 36.4. The molecular formula is C38H46N8O7. The average Bonchev–Trinajstić information content (AvgIpc) is 3.67. The molecule has 2 aromatic carbocycles. The molecule has 1 atom stereocenters. The van der Waals surface area contributed by atoms with Gasteiger partial charge in [0.1, 0.15) is 11.9 Å². The zero-order chi connectivity index (χ0) is 36.6. The summed E-state index contributed by atoms with van der Waals surface area (Å²) in [5.74, 6) is 0.376. The van der Waals surface area contributed by atoms with Crippen molar-refractivity contribution in [1.29, 1.82) is 0 Å². The monoisotopic (exact) mass is 726 g/mol. The third-order valence-corrected chi connectivity index (χ3v) is 9.67. The molecule has 2 fully saturated rings. The molecule has 2 aromatic heterocycles. The number of anilines is 2. The van der Waals surface area contributed by atoms with Gasteiger partial charge in [0.2, 0.25) is 11.7 Å². The number of imidazole rings is 1. The third-order valence-electron chi connectivity index (χ3n) is 9.67. The molecule has 1 unspecified atom stereocenters. The number of amides is 3. The summed E-state index contributed by atoms with van der Waals surface area (Å²) in [5.41, 5.74) is 3.72. The van der Waals surface area contributed by atoms with E-state index < -0.39 is 17.9 Å². The zero-order valence-corrected chi connectivity index (χ0v) is 29.8. The van der Waals surface area contributed by atoms with Gasteiger partial charge in [0.25, 0.3) is 11.8 Å². The van der Waals surface area contributed by atoms with Gasteiger partial charge in [-0.15, -0.1) is 0 Å². The zero-order valence-electron chi connectivity index (χ0n) is 29.8. The van der Waals surface area contributed by atoms with Crippen LogP contribution in [0, 0.1) is 0 Å². The van der Waals surface area contributed by atoms with Gasteiger partial charge in [0, 0.05) is 56.8 Å². The molecule has 2 saturated heterocycles. The Bertz CT molecular complexity index is 1940. The SMILES string of the molecule is C=C1CCC(N2C(=O)c3cccc(NCCOCCOCCOCCOCCN4CCN(c5ccn6c(n5)nc5ccccc56)CC4)c3C2=O)C(=O)N1. The van der Waals surface area contributed by atoms with Gasteiger partial charge < -0.3 is 34.5 Å². The minimum absolute atomic E-state index is 0.283. The van der Waals surface area contributed by atoms with Crippen LogP contribution in [0.5, 0.6) is 0 Å². The Morgan fingerprint density at radius 2 is 1.51 bits per heavy atom. The summed E-state index contributed by atoms with van der Waals surface area (Å²) >= 11 is 0. The van der Waals surface area contributed by atoms with E-state index in [4.69, 9.17) is 23.9 Å². The first-order valence-electron chi connectivity index (χ1n) is 18.2. The number of allylic oxidation sites excluding steroid dienone is 1. The molecule has 15 nitrogen and oxygen atoms in total. The largest absolute Gasteiger partial charge is 0.382 e. The average molecular weight is 727 g/mol. The molecule has 0 radical (unpaired) electrons. The van der Waals surface area contributed by atoms with Crippen molar-refractivity contribution in [2.24, 2.45) is 0 Å². The third kappa shape index (κ3) is 8.50. The van der Waals surface area contributed by atoms with Crippen molar-refractivity contribution in [2.75, 3.05) is 102 Å². The number of aromatic nitrogens is 3. The van der Waals surface area contributed by atoms with Gasteiger partial charge in [-0.25, -0.2) is 4.98 Å². The van der Waals surface area contributed by atoms with E-state index in [0.29, 0.717) is 89.2 Å². The van der Waals surface area contributed by atoms with E-state index in [1.54, 1.807) is 18.2 Å². The maximum atomic E-state index is 13.2. The van der Waals surface area contributed by atoms with Gasteiger partial charge in [-0.2, -0.15) is 4.98 Å². The van der Waals surface area contributed by atoms with Crippen LogP contribution < -0.4 is 15.5 Å². The fourth-order valence-corrected chi connectivity index (χ4v) is 6.87. The van der Waals surface area contributed by atoms with E-state index in [0.717, 1.165) is 60.3 Å². The van der Waals surface area contributed by atoms with Crippen molar-refractivity contribution in [3.63, 3.8) is 0 Å². The minimum atomic E-state index is -0.844. The highest BCUT2D eigenvalue weighted by atomic mass is 16.6. The lowest BCUT2D eigenvalue weighted by Gasteiger charge is -2.35. The molecule has 0 aliphatic carbocycles. The molecule has 2 N–H and O–H groups in total. The number of fused-ring (bicyclic) bond motifs is 4. The van der Waals surface area contributed by atoms with E-state index in [1.165, 1.54) is 0 Å². The molecule has 4 aromatic rings. The Balaban J connectivity index is 0.688. The number of hydrogen-bond donors (Lipinski definition) is 2. The van der Waals surface area contributed by atoms with Crippen LogP contribution in [-0.2, 0) is 23.7 Å². The molecule has 3 aliphatic heterocycles. The maximum Gasteiger partial charge on any atom is 0.264 e. The number of piperazine rings is 1. The van der Waals surface area contributed by atoms with Crippen LogP contribution in [0.25, 0.3) is 16.8 Å². The quantitative estimate of drug-likeness (QED) is 0.115. The Hall–Kier alpha value is -4.93. The Kier molecular flexibility index (Phi) is 11.9. The summed E-state index contributed by atoms with van der Waals surface area (Å²) in [6, 6.07) is 14.4. The summed E-state index contributed by atoms with van der Waals surface area (Å²) < 4.78 is 24.7. The number of nitrogens with one attached hydrogen (secondary N) is 2. The van der Waals surface area contributed by atoms with Crippen molar-refractivity contribution in [3.05, 3.63) is 78.1 Å². The number of benzene rings is 2. The second-order valence-electron chi connectivity index (χ2n) is 13.1. The standard InChI is InChI=1S/C38H46N8O7/c1-27-9-10-32(35(47)40-27)46-36(48)28-5-4-7-30(34(28)37(46)49)39-12-19-50-21-23-52-25-26-53-24-22-51-20-18-43-14-16-44(17-15-43)33-11-13-45-31-8-3-2-6-29(31)41-38(45)42-33/h2-8,11,13,32,39H,1,9-10,12,14-26H2,(H,40,47). The fourth-order valence-electron chi connectivity index (χ4n) is 6.87. The van der Waals surface area contributed by atoms with E-state index in [-0.39, 0.29) is 11.5 Å². The maximum absolute atomic E-state index is 13.2. The summed E-state index contributed by atoms with van der Waals surface area (Å²) in [7, 11) is 0. The molecule has 280 valence electrons. The van der Waals surface area contributed by atoms with E-state index in [1.807, 2.05) is 22.6 Å². The molecule has 0 bridgehead atoms. The number of rotatable bonds is 18. The van der Waals surface area contributed by atoms with Gasteiger partial charge >= 0.3 is 0 Å². The van der Waals surface area contributed by atoms with Crippen molar-refractivity contribution < 1.29 is 33.3 Å². The van der Waals surface area contributed by atoms with Crippen LogP contribution in [-0.4, -0.2) is 140 Å². The first-order valence-corrected chi connectivity index (χ1v) is 18.2. The molecule has 3 aliphatic rings. The van der Waals surface area contributed by atoms with Gasteiger partial charge in [-0.05, 0) is 43.2 Å². The Morgan fingerprint density at radius 1 is 0.792 bits per heavy atom. The highest BCUT2D eigenvalue weighted by molar-refractivity contribution is 6.25. The van der Waals surface area contributed by atoms with Crippen molar-refractivity contribution in [2.45, 2.75) is 18.9 Å². The summed E-state index contributed by atoms with van der Waals surface area (Å²) in [5, 5.41) is 5.84. The lowest BCUT2D eigenvalue weighted by molar-refractivity contribution is -0.125. The number of piperidine rings is 1. The molecule has 5 heterocycles. The van der Waals surface area contributed by atoms with Gasteiger partial charge in [0.15, 0.2) is 0 Å². The lowest BCUT2D eigenvalue weighted by Crippen LogP contribution is -2.51. The Morgan fingerprint density at radius 3 is 2.26 bits per heavy atom. The number of hydrogen-bond acceptors (Lipinski definition) is 12. The molecule has 53 heavy (non-hydrogen) atoms. The van der Waals surface area contributed by atoms with Crippen molar-refractivity contribution >= 4 is 46.0 Å². The van der Waals surface area contributed by atoms with Gasteiger partial charge in [0.05, 0.1) is 75.0 Å². The van der Waals surface area contributed by atoms with E-state index in [9.17, 15) is 14.4 Å². The molecule has 15 heteroatoms. The molecule has 7 rings (SSSR count). The number of carbonyl (C=O) groups is 3. The van der Waals surface area contributed by atoms with Crippen molar-refractivity contribution in [3.8, 4) is 0 Å². The predicted octanol–water partition coefficient (Wildman–Crippen LogP) is 2.57. The molecule has 0 spiro atoms. The molecule has 3 amide bonds. The predicted molar refractivity (Wildman–Crippen MR) is 198 cm³/mol. The highest BCUT2D eigenvalue weighted by Gasteiger charge is 2.45.